The number of ether oxygens (including phenoxy) is 1. The monoisotopic (exact) mass is 259 g/mol. The molecule has 0 aromatic heterocycles. The Hall–Kier alpha value is -1.87. The molecule has 0 radical (unpaired) electrons. The average Bonchev–Trinajstić information content (AvgIpc) is 2.46. The zero-order chi connectivity index (χ0) is 13.5. The van der Waals surface area contributed by atoms with E-state index < -0.39 is 0 Å². The van der Waals surface area contributed by atoms with Gasteiger partial charge in [0.05, 0.1) is 0 Å². The second kappa shape index (κ2) is 6.90. The molecule has 0 bridgehead atoms. The van der Waals surface area contributed by atoms with Crippen LogP contribution in [0.3, 0.4) is 0 Å². The molecule has 0 fully saturated rings. The number of halogens is 1. The Balaban J connectivity index is 2.11. The lowest BCUT2D eigenvalue weighted by molar-refractivity contribution is 0.192. The van der Waals surface area contributed by atoms with E-state index in [1.54, 1.807) is 12.1 Å². The Bertz CT molecular complexity index is 484. The van der Waals surface area contributed by atoms with Gasteiger partial charge in [0.25, 0.3) is 0 Å². The van der Waals surface area contributed by atoms with Gasteiger partial charge in [-0.05, 0) is 49.2 Å². The van der Waals surface area contributed by atoms with E-state index in [9.17, 15) is 4.39 Å². The predicted octanol–water partition coefficient (Wildman–Crippen LogP) is 3.68. The molecule has 0 spiro atoms. The fourth-order valence-electron chi connectivity index (χ4n) is 1.94. The van der Waals surface area contributed by atoms with Gasteiger partial charge in [0.15, 0.2) is 0 Å². The minimum Gasteiger partial charge on any atom is -0.486 e. The fraction of sp³-hybridized carbons (Fsp3) is 0.250. The summed E-state index contributed by atoms with van der Waals surface area (Å²) < 4.78 is 18.8. The lowest BCUT2D eigenvalue weighted by Gasteiger charge is -2.19. The van der Waals surface area contributed by atoms with Gasteiger partial charge in [-0.2, -0.15) is 0 Å². The first-order valence-corrected chi connectivity index (χ1v) is 6.47. The van der Waals surface area contributed by atoms with Crippen LogP contribution in [0.25, 0.3) is 0 Å². The van der Waals surface area contributed by atoms with Crippen molar-refractivity contribution < 1.29 is 9.13 Å². The van der Waals surface area contributed by atoms with E-state index in [1.165, 1.54) is 12.1 Å². The molecule has 0 aliphatic rings. The SMILES string of the molecule is NCCCC(Oc1ccc(F)cc1)c1ccccc1. The lowest BCUT2D eigenvalue weighted by Crippen LogP contribution is -2.10. The molecule has 0 amide bonds. The third kappa shape index (κ3) is 4.07. The van der Waals surface area contributed by atoms with E-state index in [2.05, 4.69) is 0 Å². The summed E-state index contributed by atoms with van der Waals surface area (Å²) in [5.74, 6) is 0.415. The van der Waals surface area contributed by atoms with Gasteiger partial charge in [0.1, 0.15) is 17.7 Å². The summed E-state index contributed by atoms with van der Waals surface area (Å²) in [7, 11) is 0. The number of nitrogens with two attached hydrogens (primary N) is 1. The summed E-state index contributed by atoms with van der Waals surface area (Å²) in [6, 6.07) is 16.1. The van der Waals surface area contributed by atoms with Gasteiger partial charge in [0, 0.05) is 0 Å². The molecule has 3 heteroatoms. The lowest BCUT2D eigenvalue weighted by atomic mass is 10.0. The molecular weight excluding hydrogens is 241 g/mol. The van der Waals surface area contributed by atoms with Gasteiger partial charge in [-0.15, -0.1) is 0 Å². The summed E-state index contributed by atoms with van der Waals surface area (Å²) in [6.45, 7) is 0.635. The van der Waals surface area contributed by atoms with Crippen LogP contribution in [0.2, 0.25) is 0 Å². The van der Waals surface area contributed by atoms with E-state index >= 15 is 0 Å². The van der Waals surface area contributed by atoms with Crippen LogP contribution in [0, 0.1) is 5.82 Å². The summed E-state index contributed by atoms with van der Waals surface area (Å²) >= 11 is 0. The zero-order valence-electron chi connectivity index (χ0n) is 10.8. The van der Waals surface area contributed by atoms with E-state index in [4.69, 9.17) is 10.5 Å². The van der Waals surface area contributed by atoms with Gasteiger partial charge in [0.2, 0.25) is 0 Å². The Labute approximate surface area is 113 Å². The van der Waals surface area contributed by atoms with Crippen LogP contribution in [-0.2, 0) is 0 Å². The number of rotatable bonds is 6. The van der Waals surface area contributed by atoms with Crippen molar-refractivity contribution in [1.29, 1.82) is 0 Å². The van der Waals surface area contributed by atoms with Crippen LogP contribution in [0.15, 0.2) is 54.6 Å². The van der Waals surface area contributed by atoms with Crippen molar-refractivity contribution in [1.82, 2.24) is 0 Å². The molecule has 1 unspecified atom stereocenters. The van der Waals surface area contributed by atoms with Crippen molar-refractivity contribution in [2.24, 2.45) is 5.73 Å². The molecule has 1 atom stereocenters. The minimum absolute atomic E-state index is 0.0461. The molecule has 0 heterocycles. The highest BCUT2D eigenvalue weighted by Gasteiger charge is 2.12. The largest absolute Gasteiger partial charge is 0.486 e. The highest BCUT2D eigenvalue weighted by Crippen LogP contribution is 2.25. The predicted molar refractivity (Wildman–Crippen MR) is 74.5 cm³/mol. The number of hydrogen-bond donors (Lipinski definition) is 1. The molecule has 0 aliphatic carbocycles. The first kappa shape index (κ1) is 13.6. The molecule has 2 nitrogen and oxygen atoms in total. The molecule has 2 aromatic carbocycles. The first-order chi connectivity index (χ1) is 9.29. The third-order valence-corrected chi connectivity index (χ3v) is 2.93. The summed E-state index contributed by atoms with van der Waals surface area (Å²) in [5, 5.41) is 0. The van der Waals surface area contributed by atoms with Crippen molar-refractivity contribution in [3.8, 4) is 5.75 Å². The highest BCUT2D eigenvalue weighted by molar-refractivity contribution is 5.25. The fourth-order valence-corrected chi connectivity index (χ4v) is 1.94. The Morgan fingerprint density at radius 1 is 1.00 bits per heavy atom. The van der Waals surface area contributed by atoms with E-state index in [0.29, 0.717) is 12.3 Å². The maximum Gasteiger partial charge on any atom is 0.124 e. The van der Waals surface area contributed by atoms with Crippen molar-refractivity contribution in [2.75, 3.05) is 6.54 Å². The topological polar surface area (TPSA) is 35.2 Å². The molecule has 0 saturated carbocycles. The van der Waals surface area contributed by atoms with E-state index in [0.717, 1.165) is 18.4 Å². The number of hydrogen-bond acceptors (Lipinski definition) is 2. The molecule has 100 valence electrons. The molecule has 2 rings (SSSR count). The second-order valence-corrected chi connectivity index (χ2v) is 4.40. The van der Waals surface area contributed by atoms with Crippen molar-refractivity contribution in [2.45, 2.75) is 18.9 Å². The van der Waals surface area contributed by atoms with Crippen LogP contribution in [0.1, 0.15) is 24.5 Å². The Morgan fingerprint density at radius 3 is 2.32 bits per heavy atom. The zero-order valence-corrected chi connectivity index (χ0v) is 10.8. The van der Waals surface area contributed by atoms with Crippen LogP contribution >= 0.6 is 0 Å². The van der Waals surface area contributed by atoms with Gasteiger partial charge < -0.3 is 10.5 Å². The maximum atomic E-state index is 12.9. The summed E-state index contributed by atoms with van der Waals surface area (Å²) in [5.41, 5.74) is 6.67. The summed E-state index contributed by atoms with van der Waals surface area (Å²) in [6.07, 6.45) is 1.69. The van der Waals surface area contributed by atoms with E-state index in [-0.39, 0.29) is 11.9 Å². The Kier molecular flexibility index (Phi) is 4.93. The van der Waals surface area contributed by atoms with Gasteiger partial charge in [-0.25, -0.2) is 4.39 Å². The van der Waals surface area contributed by atoms with Crippen molar-refractivity contribution in [3.05, 3.63) is 66.0 Å². The molecule has 2 aromatic rings. The van der Waals surface area contributed by atoms with E-state index in [1.807, 2.05) is 30.3 Å². The smallest absolute Gasteiger partial charge is 0.124 e. The molecule has 0 saturated heterocycles. The van der Waals surface area contributed by atoms with Crippen molar-refractivity contribution >= 4 is 0 Å². The summed E-state index contributed by atoms with van der Waals surface area (Å²) in [4.78, 5) is 0. The quantitative estimate of drug-likeness (QED) is 0.858. The minimum atomic E-state index is -0.259. The first-order valence-electron chi connectivity index (χ1n) is 6.47. The van der Waals surface area contributed by atoms with Crippen LogP contribution in [0.5, 0.6) is 5.75 Å². The average molecular weight is 259 g/mol. The molecule has 0 aliphatic heterocycles. The highest BCUT2D eigenvalue weighted by atomic mass is 19.1. The van der Waals surface area contributed by atoms with Crippen molar-refractivity contribution in [3.63, 3.8) is 0 Å². The second-order valence-electron chi connectivity index (χ2n) is 4.40. The van der Waals surface area contributed by atoms with Crippen LogP contribution in [-0.4, -0.2) is 6.54 Å². The normalized spacial score (nSPS) is 12.1. The van der Waals surface area contributed by atoms with Gasteiger partial charge in [-0.3, -0.25) is 0 Å². The molecule has 2 N–H and O–H groups in total. The standard InChI is InChI=1S/C16H18FNO/c17-14-8-10-15(11-9-14)19-16(7-4-12-18)13-5-2-1-3-6-13/h1-3,5-6,8-11,16H,4,7,12,18H2. The van der Waals surface area contributed by atoms with Crippen LogP contribution in [0.4, 0.5) is 4.39 Å². The molecule has 19 heavy (non-hydrogen) atoms. The van der Waals surface area contributed by atoms with Crippen LogP contribution < -0.4 is 10.5 Å². The Morgan fingerprint density at radius 2 is 1.68 bits per heavy atom. The number of benzene rings is 2. The van der Waals surface area contributed by atoms with Gasteiger partial charge >= 0.3 is 0 Å². The van der Waals surface area contributed by atoms with Gasteiger partial charge in [-0.1, -0.05) is 30.3 Å². The maximum absolute atomic E-state index is 12.9. The third-order valence-electron chi connectivity index (χ3n) is 2.93. The molecular formula is C16H18FNO.